The molecule has 0 saturated heterocycles. The van der Waals surface area contributed by atoms with Crippen LogP contribution in [-0.4, -0.2) is 11.0 Å². The zero-order valence-corrected chi connectivity index (χ0v) is 11.8. The Bertz CT molecular complexity index is 443. The molecule has 86 valence electrons. The molecule has 0 bridgehead atoms. The number of benzene rings is 1. The van der Waals surface area contributed by atoms with Crippen molar-refractivity contribution in [3.8, 4) is 0 Å². The number of halogens is 1. The quantitative estimate of drug-likeness (QED) is 0.841. The fraction of sp³-hybridized carbons (Fsp3) is 0.417. The zero-order chi connectivity index (χ0) is 11.9. The smallest absolute Gasteiger partial charge is 0.107 e. The Kier molecular flexibility index (Phi) is 2.97. The molecule has 1 aromatic carbocycles. The van der Waals surface area contributed by atoms with Crippen LogP contribution in [0.2, 0.25) is 0 Å². The van der Waals surface area contributed by atoms with Crippen molar-refractivity contribution in [1.29, 1.82) is 0 Å². The summed E-state index contributed by atoms with van der Waals surface area (Å²) < 4.78 is 0.948. The Morgan fingerprint density at radius 2 is 2.19 bits per heavy atom. The van der Waals surface area contributed by atoms with Crippen molar-refractivity contribution in [1.82, 2.24) is 0 Å². The largest absolute Gasteiger partial charge is 0.389 e. The second kappa shape index (κ2) is 4.00. The van der Waals surface area contributed by atoms with Crippen LogP contribution in [0.4, 0.5) is 5.69 Å². The maximum Gasteiger partial charge on any atom is 0.107 e. The van der Waals surface area contributed by atoms with Crippen LogP contribution in [0.5, 0.6) is 0 Å². The number of hydrogen-bond donors (Lipinski definition) is 2. The van der Waals surface area contributed by atoms with Gasteiger partial charge in [-0.05, 0) is 39.9 Å². The highest BCUT2D eigenvalue weighted by Crippen LogP contribution is 2.47. The number of nitrogens with one attached hydrogen (secondary N) is 1. The molecule has 0 aliphatic heterocycles. The van der Waals surface area contributed by atoms with E-state index in [0.717, 1.165) is 15.7 Å². The van der Waals surface area contributed by atoms with E-state index in [-0.39, 0.29) is 0 Å². The molecule has 1 fully saturated rings. The van der Waals surface area contributed by atoms with Crippen LogP contribution in [0.3, 0.4) is 0 Å². The van der Waals surface area contributed by atoms with Crippen LogP contribution in [0.25, 0.3) is 0 Å². The third kappa shape index (κ3) is 2.23. The lowest BCUT2D eigenvalue weighted by molar-refractivity contribution is 0.630. The van der Waals surface area contributed by atoms with E-state index in [1.54, 1.807) is 0 Å². The van der Waals surface area contributed by atoms with Crippen molar-refractivity contribution in [3.63, 3.8) is 0 Å². The minimum absolute atomic E-state index is 0.385. The van der Waals surface area contributed by atoms with Gasteiger partial charge in [-0.15, -0.1) is 0 Å². The monoisotopic (exact) mass is 298 g/mol. The van der Waals surface area contributed by atoms with Gasteiger partial charge in [0, 0.05) is 21.8 Å². The molecule has 1 aliphatic carbocycles. The second-order valence-corrected chi connectivity index (χ2v) is 6.21. The van der Waals surface area contributed by atoms with Crippen LogP contribution in [0.15, 0.2) is 22.7 Å². The minimum Gasteiger partial charge on any atom is -0.389 e. The molecule has 1 aliphatic rings. The first-order valence-electron chi connectivity index (χ1n) is 5.26. The zero-order valence-electron chi connectivity index (χ0n) is 9.38. The van der Waals surface area contributed by atoms with E-state index < -0.39 is 0 Å². The maximum absolute atomic E-state index is 5.74. The lowest BCUT2D eigenvalue weighted by Crippen LogP contribution is -2.16. The summed E-state index contributed by atoms with van der Waals surface area (Å²) in [7, 11) is 0. The average Bonchev–Trinajstić information content (AvgIpc) is 2.72. The lowest BCUT2D eigenvalue weighted by Gasteiger charge is -2.13. The van der Waals surface area contributed by atoms with Crippen LogP contribution in [0, 0.1) is 5.41 Å². The summed E-state index contributed by atoms with van der Waals surface area (Å²) in [4.78, 5) is 0.424. The highest BCUT2D eigenvalue weighted by atomic mass is 79.9. The molecule has 0 heterocycles. The van der Waals surface area contributed by atoms with Gasteiger partial charge in [0.2, 0.25) is 0 Å². The first-order chi connectivity index (χ1) is 7.42. The van der Waals surface area contributed by atoms with Gasteiger partial charge in [0.15, 0.2) is 0 Å². The molecule has 2 nitrogen and oxygen atoms in total. The number of thiocarbonyl (C=S) groups is 1. The van der Waals surface area contributed by atoms with Gasteiger partial charge in [0.25, 0.3) is 0 Å². The summed E-state index contributed by atoms with van der Waals surface area (Å²) in [5.41, 5.74) is 8.05. The molecular weight excluding hydrogens is 284 g/mol. The molecule has 0 spiro atoms. The van der Waals surface area contributed by atoms with E-state index >= 15 is 0 Å². The Morgan fingerprint density at radius 1 is 1.56 bits per heavy atom. The van der Waals surface area contributed by atoms with E-state index in [1.165, 1.54) is 6.42 Å². The Labute approximate surface area is 110 Å². The topological polar surface area (TPSA) is 38.0 Å². The minimum atomic E-state index is 0.385. The molecule has 1 unspecified atom stereocenters. The number of rotatable bonds is 3. The van der Waals surface area contributed by atoms with E-state index in [4.69, 9.17) is 18.0 Å². The van der Waals surface area contributed by atoms with Gasteiger partial charge >= 0.3 is 0 Å². The molecule has 0 amide bonds. The second-order valence-electron chi connectivity index (χ2n) is 4.92. The van der Waals surface area contributed by atoms with Crippen molar-refractivity contribution in [2.75, 3.05) is 5.32 Å². The predicted molar refractivity (Wildman–Crippen MR) is 75.8 cm³/mol. The van der Waals surface area contributed by atoms with Crippen LogP contribution in [0.1, 0.15) is 25.8 Å². The van der Waals surface area contributed by atoms with Gasteiger partial charge in [0.1, 0.15) is 4.99 Å². The highest BCUT2D eigenvalue weighted by Gasteiger charge is 2.45. The molecule has 1 aromatic rings. The van der Waals surface area contributed by atoms with Gasteiger partial charge < -0.3 is 11.1 Å². The van der Waals surface area contributed by atoms with Crippen molar-refractivity contribution in [2.45, 2.75) is 26.3 Å². The fourth-order valence-electron chi connectivity index (χ4n) is 1.80. The molecule has 2 rings (SSSR count). The van der Waals surface area contributed by atoms with Crippen LogP contribution < -0.4 is 11.1 Å². The van der Waals surface area contributed by atoms with E-state index in [0.29, 0.717) is 16.4 Å². The van der Waals surface area contributed by atoms with Gasteiger partial charge in [-0.3, -0.25) is 0 Å². The van der Waals surface area contributed by atoms with E-state index in [9.17, 15) is 0 Å². The molecule has 1 saturated carbocycles. The SMILES string of the molecule is CC1(C)CC1Nc1cccc(Br)c1C(N)=S. The fourth-order valence-corrected chi connectivity index (χ4v) is 2.73. The first-order valence-corrected chi connectivity index (χ1v) is 6.47. The molecule has 4 heteroatoms. The predicted octanol–water partition coefficient (Wildman–Crippen LogP) is 3.29. The third-order valence-electron chi connectivity index (χ3n) is 3.10. The maximum atomic E-state index is 5.74. The summed E-state index contributed by atoms with van der Waals surface area (Å²) >= 11 is 8.55. The highest BCUT2D eigenvalue weighted by molar-refractivity contribution is 9.10. The van der Waals surface area contributed by atoms with E-state index in [1.807, 2.05) is 18.2 Å². The molecule has 0 aromatic heterocycles. The Hall–Kier alpha value is -0.610. The van der Waals surface area contributed by atoms with Crippen molar-refractivity contribution >= 4 is 38.8 Å². The van der Waals surface area contributed by atoms with E-state index in [2.05, 4.69) is 35.1 Å². The van der Waals surface area contributed by atoms with Gasteiger partial charge in [-0.2, -0.15) is 0 Å². The Morgan fingerprint density at radius 3 is 2.69 bits per heavy atom. The normalized spacial score (nSPS) is 21.6. The molecule has 16 heavy (non-hydrogen) atoms. The molecule has 0 radical (unpaired) electrons. The van der Waals surface area contributed by atoms with Gasteiger partial charge in [-0.1, -0.05) is 32.1 Å². The summed E-state index contributed by atoms with van der Waals surface area (Å²) in [6.45, 7) is 4.51. The average molecular weight is 299 g/mol. The number of hydrogen-bond acceptors (Lipinski definition) is 2. The molecule has 1 atom stereocenters. The van der Waals surface area contributed by atoms with Crippen LogP contribution in [-0.2, 0) is 0 Å². The van der Waals surface area contributed by atoms with Crippen LogP contribution >= 0.6 is 28.1 Å². The van der Waals surface area contributed by atoms with Gasteiger partial charge in [0.05, 0.1) is 0 Å². The third-order valence-corrected chi connectivity index (χ3v) is 3.97. The van der Waals surface area contributed by atoms with Crippen molar-refractivity contribution < 1.29 is 0 Å². The number of nitrogens with two attached hydrogens (primary N) is 1. The summed E-state index contributed by atoms with van der Waals surface area (Å²) in [5, 5.41) is 3.50. The Balaban J connectivity index is 2.27. The summed E-state index contributed by atoms with van der Waals surface area (Å²) in [6, 6.07) is 6.49. The lowest BCUT2D eigenvalue weighted by atomic mass is 10.1. The van der Waals surface area contributed by atoms with Crippen molar-refractivity contribution in [3.05, 3.63) is 28.2 Å². The standard InChI is InChI=1S/C12H15BrN2S/c1-12(2)6-9(12)15-8-5-3-4-7(13)10(8)11(14)16/h3-5,9,15H,6H2,1-2H3,(H2,14,16). The summed E-state index contributed by atoms with van der Waals surface area (Å²) in [5.74, 6) is 0. The number of anilines is 1. The molecular formula is C12H15BrN2S. The summed E-state index contributed by atoms with van der Waals surface area (Å²) in [6.07, 6.45) is 1.19. The molecule has 3 N–H and O–H groups in total. The first kappa shape index (κ1) is 11.9. The van der Waals surface area contributed by atoms with Gasteiger partial charge in [-0.25, -0.2) is 0 Å². The van der Waals surface area contributed by atoms with Crippen molar-refractivity contribution in [2.24, 2.45) is 11.1 Å².